The fraction of sp³-hybridized carbons (Fsp3) is 0.0667. The molecule has 0 bridgehead atoms. The highest BCUT2D eigenvalue weighted by molar-refractivity contribution is 9.10. The molecule has 2 aromatic rings. The number of nitrogens with zero attached hydrogens (tertiary/aromatic N) is 1. The van der Waals surface area contributed by atoms with Gasteiger partial charge in [-0.15, -0.1) is 0 Å². The summed E-state index contributed by atoms with van der Waals surface area (Å²) < 4.78 is 18.9. The first-order valence-electron chi connectivity index (χ1n) is 5.77. The average Bonchev–Trinajstić information content (AvgIpc) is 2.44. The molecule has 0 fully saturated rings. The van der Waals surface area contributed by atoms with Crippen LogP contribution >= 0.6 is 15.9 Å². The van der Waals surface area contributed by atoms with Crippen LogP contribution in [0.5, 0.6) is 0 Å². The molecule has 102 valence electrons. The Bertz CT molecular complexity index is 671. The molecule has 0 radical (unpaired) electrons. The van der Waals surface area contributed by atoms with Gasteiger partial charge in [-0.2, -0.15) is 0 Å². The summed E-state index contributed by atoms with van der Waals surface area (Å²) >= 11 is 3.36. The van der Waals surface area contributed by atoms with E-state index in [0.29, 0.717) is 5.69 Å². The van der Waals surface area contributed by atoms with Crippen molar-refractivity contribution in [2.45, 2.75) is 0 Å². The van der Waals surface area contributed by atoms with E-state index in [-0.39, 0.29) is 5.56 Å². The van der Waals surface area contributed by atoms with Crippen molar-refractivity contribution in [3.63, 3.8) is 0 Å². The van der Waals surface area contributed by atoms with Crippen molar-refractivity contribution in [1.82, 2.24) is 0 Å². The lowest BCUT2D eigenvalue weighted by Gasteiger charge is -2.01. The van der Waals surface area contributed by atoms with Crippen molar-refractivity contribution in [3.05, 3.63) is 63.9 Å². The average molecular weight is 336 g/mol. The molecule has 2 aromatic carbocycles. The molecule has 0 heterocycles. The Hall–Kier alpha value is -2.01. The first kappa shape index (κ1) is 14.4. The zero-order valence-corrected chi connectivity index (χ0v) is 12.2. The molecule has 3 nitrogen and oxygen atoms in total. The molecule has 0 N–H and O–H groups in total. The van der Waals surface area contributed by atoms with E-state index in [0.717, 1.165) is 16.1 Å². The highest BCUT2D eigenvalue weighted by Gasteiger charge is 2.08. The van der Waals surface area contributed by atoms with E-state index in [1.54, 1.807) is 6.21 Å². The Kier molecular flexibility index (Phi) is 4.63. The number of hydrogen-bond acceptors (Lipinski definition) is 3. The van der Waals surface area contributed by atoms with Crippen molar-refractivity contribution >= 4 is 33.8 Å². The third kappa shape index (κ3) is 3.74. The van der Waals surface area contributed by atoms with E-state index in [1.165, 1.54) is 19.2 Å². The normalized spacial score (nSPS) is 10.8. The number of halogens is 2. The van der Waals surface area contributed by atoms with Gasteiger partial charge in [0.25, 0.3) is 0 Å². The summed E-state index contributed by atoms with van der Waals surface area (Å²) in [7, 11) is 1.25. The maximum absolute atomic E-state index is 13.4. The number of aliphatic imine (C=N–C) groups is 1. The van der Waals surface area contributed by atoms with Crippen LogP contribution in [-0.4, -0.2) is 19.3 Å². The fourth-order valence-corrected chi connectivity index (χ4v) is 2.04. The molecule has 0 aliphatic heterocycles. The monoisotopic (exact) mass is 335 g/mol. The van der Waals surface area contributed by atoms with E-state index < -0.39 is 11.8 Å². The zero-order valence-electron chi connectivity index (χ0n) is 10.6. The molecule has 0 aromatic heterocycles. The number of rotatable bonds is 3. The van der Waals surface area contributed by atoms with Gasteiger partial charge in [-0.3, -0.25) is 4.99 Å². The lowest BCUT2D eigenvalue weighted by Crippen LogP contribution is -2.01. The summed E-state index contributed by atoms with van der Waals surface area (Å²) in [5, 5.41) is 0. The number of hydrogen-bond donors (Lipinski definition) is 0. The second kappa shape index (κ2) is 6.43. The molecule has 0 aliphatic rings. The van der Waals surface area contributed by atoms with Crippen LogP contribution in [0, 0.1) is 5.82 Å². The highest BCUT2D eigenvalue weighted by atomic mass is 79.9. The van der Waals surface area contributed by atoms with E-state index >= 15 is 0 Å². The Balaban J connectivity index is 2.29. The molecule has 0 unspecified atom stereocenters. The molecular weight excluding hydrogens is 325 g/mol. The van der Waals surface area contributed by atoms with Crippen molar-refractivity contribution in [3.8, 4) is 0 Å². The molecule has 0 spiro atoms. The molecule has 0 saturated carbocycles. The third-order valence-electron chi connectivity index (χ3n) is 2.52. The molecule has 0 amide bonds. The predicted molar refractivity (Wildman–Crippen MR) is 79.1 cm³/mol. The van der Waals surface area contributed by atoms with Gasteiger partial charge in [-0.1, -0.05) is 28.1 Å². The minimum Gasteiger partial charge on any atom is -0.465 e. The first-order chi connectivity index (χ1) is 9.58. The van der Waals surface area contributed by atoms with Gasteiger partial charge in [0, 0.05) is 10.7 Å². The number of ether oxygens (including phenoxy) is 1. The SMILES string of the molecule is COC(=O)c1cc(F)cc(N=Cc2cccc(Br)c2)c1. The van der Waals surface area contributed by atoms with Gasteiger partial charge in [0.1, 0.15) is 5.82 Å². The number of carbonyl (C=O) groups is 1. The largest absolute Gasteiger partial charge is 0.465 e. The molecule has 2 rings (SSSR count). The quantitative estimate of drug-likeness (QED) is 0.625. The van der Waals surface area contributed by atoms with Crippen LogP contribution in [0.25, 0.3) is 0 Å². The predicted octanol–water partition coefficient (Wildman–Crippen LogP) is 4.13. The third-order valence-corrected chi connectivity index (χ3v) is 3.01. The Morgan fingerprint density at radius 2 is 2.10 bits per heavy atom. The molecule has 5 heteroatoms. The lowest BCUT2D eigenvalue weighted by atomic mass is 10.2. The molecule has 0 atom stereocenters. The number of methoxy groups -OCH3 is 1. The van der Waals surface area contributed by atoms with E-state index in [4.69, 9.17) is 0 Å². The smallest absolute Gasteiger partial charge is 0.338 e. The van der Waals surface area contributed by atoms with Gasteiger partial charge in [0.05, 0.1) is 18.4 Å². The molecule has 0 aliphatic carbocycles. The number of carbonyl (C=O) groups excluding carboxylic acids is 1. The van der Waals surface area contributed by atoms with Crippen molar-refractivity contribution in [2.24, 2.45) is 4.99 Å². The number of esters is 1. The summed E-state index contributed by atoms with van der Waals surface area (Å²) in [4.78, 5) is 15.6. The van der Waals surface area contributed by atoms with E-state index in [1.807, 2.05) is 24.3 Å². The fourth-order valence-electron chi connectivity index (χ4n) is 1.62. The van der Waals surface area contributed by atoms with Crippen molar-refractivity contribution in [2.75, 3.05) is 7.11 Å². The topological polar surface area (TPSA) is 38.7 Å². The summed E-state index contributed by atoms with van der Waals surface area (Å²) in [6.07, 6.45) is 1.60. The van der Waals surface area contributed by atoms with Crippen LogP contribution in [0.3, 0.4) is 0 Å². The maximum atomic E-state index is 13.4. The van der Waals surface area contributed by atoms with Crippen LogP contribution in [0.1, 0.15) is 15.9 Å². The first-order valence-corrected chi connectivity index (χ1v) is 6.56. The van der Waals surface area contributed by atoms with E-state index in [9.17, 15) is 9.18 Å². The summed E-state index contributed by atoms with van der Waals surface area (Å²) in [6.45, 7) is 0. The molecule has 20 heavy (non-hydrogen) atoms. The second-order valence-corrected chi connectivity index (χ2v) is 4.92. The van der Waals surface area contributed by atoms with Crippen LogP contribution in [0.15, 0.2) is 51.9 Å². The Labute approximate surface area is 124 Å². The minimum atomic E-state index is -0.594. The summed E-state index contributed by atoms with van der Waals surface area (Å²) in [5.41, 5.74) is 1.35. The molecular formula is C15H11BrFNO2. The molecule has 0 saturated heterocycles. The van der Waals surface area contributed by atoms with Crippen LogP contribution in [-0.2, 0) is 4.74 Å². The second-order valence-electron chi connectivity index (χ2n) is 4.00. The van der Waals surface area contributed by atoms with Gasteiger partial charge in [0.15, 0.2) is 0 Å². The van der Waals surface area contributed by atoms with Crippen molar-refractivity contribution < 1.29 is 13.9 Å². The van der Waals surface area contributed by atoms with Crippen LogP contribution < -0.4 is 0 Å². The standard InChI is InChI=1S/C15H11BrFNO2/c1-20-15(19)11-6-13(17)8-14(7-11)18-9-10-3-2-4-12(16)5-10/h2-9H,1H3. The Morgan fingerprint density at radius 1 is 1.30 bits per heavy atom. The lowest BCUT2D eigenvalue weighted by molar-refractivity contribution is 0.0600. The highest BCUT2D eigenvalue weighted by Crippen LogP contribution is 2.18. The Morgan fingerprint density at radius 3 is 2.80 bits per heavy atom. The van der Waals surface area contributed by atoms with E-state index in [2.05, 4.69) is 25.7 Å². The van der Waals surface area contributed by atoms with Gasteiger partial charge >= 0.3 is 5.97 Å². The zero-order chi connectivity index (χ0) is 14.5. The van der Waals surface area contributed by atoms with Gasteiger partial charge < -0.3 is 4.74 Å². The van der Waals surface area contributed by atoms with Gasteiger partial charge in [-0.05, 0) is 35.9 Å². The summed E-state index contributed by atoms with van der Waals surface area (Å²) in [5.74, 6) is -1.13. The maximum Gasteiger partial charge on any atom is 0.338 e. The van der Waals surface area contributed by atoms with Gasteiger partial charge in [0.2, 0.25) is 0 Å². The summed E-state index contributed by atoms with van der Waals surface area (Å²) in [6, 6.07) is 11.4. The van der Waals surface area contributed by atoms with Gasteiger partial charge in [-0.25, -0.2) is 9.18 Å². The van der Waals surface area contributed by atoms with Crippen LogP contribution in [0.4, 0.5) is 10.1 Å². The number of benzene rings is 2. The minimum absolute atomic E-state index is 0.133. The van der Waals surface area contributed by atoms with Crippen LogP contribution in [0.2, 0.25) is 0 Å². The van der Waals surface area contributed by atoms with Crippen molar-refractivity contribution in [1.29, 1.82) is 0 Å².